The Morgan fingerprint density at radius 3 is 2.54 bits per heavy atom. The van der Waals surface area contributed by atoms with Crippen LogP contribution in [-0.4, -0.2) is 55.2 Å². The highest BCUT2D eigenvalue weighted by atomic mass is 16.5. The molecule has 1 amide bonds. The number of nitrogens with one attached hydrogen (secondary N) is 1. The second kappa shape index (κ2) is 8.67. The molecule has 1 aromatic heterocycles. The number of para-hydroxylation sites is 2. The molecule has 26 heavy (non-hydrogen) atoms. The molecule has 1 saturated heterocycles. The van der Waals surface area contributed by atoms with Gasteiger partial charge in [-0.05, 0) is 38.1 Å². The Hall–Kier alpha value is -2.60. The minimum Gasteiger partial charge on any atom is -0.378 e. The van der Waals surface area contributed by atoms with E-state index in [1.807, 2.05) is 44.2 Å². The number of carbonyl (C=O) groups excluding carboxylic acids is 1. The molecule has 0 radical (unpaired) electrons. The number of hydrogen-bond acceptors (Lipinski definition) is 5. The first-order chi connectivity index (χ1) is 12.7. The van der Waals surface area contributed by atoms with Crippen molar-refractivity contribution in [1.29, 1.82) is 0 Å². The van der Waals surface area contributed by atoms with E-state index >= 15 is 0 Å². The number of morpholine rings is 1. The zero-order valence-electron chi connectivity index (χ0n) is 15.4. The van der Waals surface area contributed by atoms with E-state index in [1.165, 1.54) is 0 Å². The number of hydrogen-bond donors (Lipinski definition) is 1. The molecule has 1 fully saturated rings. The maximum atomic E-state index is 12.4. The summed E-state index contributed by atoms with van der Waals surface area (Å²) in [5.74, 6) is 0.740. The smallest absolute Gasteiger partial charge is 0.255 e. The van der Waals surface area contributed by atoms with E-state index in [4.69, 9.17) is 4.74 Å². The van der Waals surface area contributed by atoms with Gasteiger partial charge in [-0.1, -0.05) is 12.1 Å². The molecule has 0 spiro atoms. The van der Waals surface area contributed by atoms with Crippen molar-refractivity contribution in [3.05, 3.63) is 48.2 Å². The summed E-state index contributed by atoms with van der Waals surface area (Å²) in [4.78, 5) is 20.9. The number of benzene rings is 1. The molecule has 2 heterocycles. The minimum absolute atomic E-state index is 0.0165. The summed E-state index contributed by atoms with van der Waals surface area (Å²) in [6.07, 6.45) is 1.64. The van der Waals surface area contributed by atoms with Crippen LogP contribution in [0.15, 0.2) is 42.6 Å². The maximum absolute atomic E-state index is 12.4. The standard InChI is InChI=1S/C20H26N4O2/c1-3-23(4-2)20(25)16-9-10-19(21-15-16)22-17-7-5-6-8-18(17)24-11-13-26-14-12-24/h5-10,15H,3-4,11-14H2,1-2H3,(H,21,22). The van der Waals surface area contributed by atoms with Crippen LogP contribution in [0.25, 0.3) is 0 Å². The lowest BCUT2D eigenvalue weighted by atomic mass is 10.2. The monoisotopic (exact) mass is 354 g/mol. The van der Waals surface area contributed by atoms with Gasteiger partial charge in [0.05, 0.1) is 30.2 Å². The molecule has 0 saturated carbocycles. The third-order valence-electron chi connectivity index (χ3n) is 4.58. The summed E-state index contributed by atoms with van der Waals surface area (Å²) >= 11 is 0. The number of anilines is 3. The van der Waals surface area contributed by atoms with Crippen LogP contribution in [0.3, 0.4) is 0 Å². The predicted octanol–water partition coefficient (Wildman–Crippen LogP) is 3.14. The largest absolute Gasteiger partial charge is 0.378 e. The molecule has 6 heteroatoms. The van der Waals surface area contributed by atoms with Crippen molar-refractivity contribution in [3.8, 4) is 0 Å². The predicted molar refractivity (Wildman–Crippen MR) is 104 cm³/mol. The van der Waals surface area contributed by atoms with Crippen molar-refractivity contribution in [2.45, 2.75) is 13.8 Å². The number of pyridine rings is 1. The Morgan fingerprint density at radius 2 is 1.88 bits per heavy atom. The molecule has 1 aliphatic rings. The van der Waals surface area contributed by atoms with Gasteiger partial charge in [-0.2, -0.15) is 0 Å². The van der Waals surface area contributed by atoms with Gasteiger partial charge in [-0.3, -0.25) is 4.79 Å². The topological polar surface area (TPSA) is 57.7 Å². The lowest BCUT2D eigenvalue weighted by Crippen LogP contribution is -2.36. The molecule has 3 rings (SSSR count). The first-order valence-corrected chi connectivity index (χ1v) is 9.17. The van der Waals surface area contributed by atoms with Crippen molar-refractivity contribution in [1.82, 2.24) is 9.88 Å². The first kappa shape index (κ1) is 18.2. The van der Waals surface area contributed by atoms with Gasteiger partial charge < -0.3 is 19.9 Å². The van der Waals surface area contributed by atoms with Crippen molar-refractivity contribution in [2.75, 3.05) is 49.6 Å². The average molecular weight is 354 g/mol. The highest BCUT2D eigenvalue weighted by Crippen LogP contribution is 2.28. The van der Waals surface area contributed by atoms with Gasteiger partial charge >= 0.3 is 0 Å². The fraction of sp³-hybridized carbons (Fsp3) is 0.400. The first-order valence-electron chi connectivity index (χ1n) is 9.17. The minimum atomic E-state index is 0.0165. The van der Waals surface area contributed by atoms with E-state index < -0.39 is 0 Å². The van der Waals surface area contributed by atoms with Gasteiger partial charge in [-0.15, -0.1) is 0 Å². The van der Waals surface area contributed by atoms with Gasteiger partial charge in [0.1, 0.15) is 5.82 Å². The van der Waals surface area contributed by atoms with Crippen LogP contribution in [0.1, 0.15) is 24.2 Å². The lowest BCUT2D eigenvalue weighted by molar-refractivity contribution is 0.0772. The van der Waals surface area contributed by atoms with Crippen LogP contribution in [0, 0.1) is 0 Å². The molecule has 1 aliphatic heterocycles. The Balaban J connectivity index is 1.74. The summed E-state index contributed by atoms with van der Waals surface area (Å²) in [6.45, 7) is 8.60. The van der Waals surface area contributed by atoms with Crippen molar-refractivity contribution < 1.29 is 9.53 Å². The number of aromatic nitrogens is 1. The van der Waals surface area contributed by atoms with E-state index in [-0.39, 0.29) is 5.91 Å². The molecule has 138 valence electrons. The Bertz CT molecular complexity index is 723. The van der Waals surface area contributed by atoms with Crippen molar-refractivity contribution in [2.24, 2.45) is 0 Å². The van der Waals surface area contributed by atoms with E-state index in [9.17, 15) is 4.79 Å². The second-order valence-corrected chi connectivity index (χ2v) is 6.15. The number of amides is 1. The van der Waals surface area contributed by atoms with Crippen LogP contribution in [0.5, 0.6) is 0 Å². The molecule has 1 N–H and O–H groups in total. The summed E-state index contributed by atoms with van der Waals surface area (Å²) < 4.78 is 5.44. The summed E-state index contributed by atoms with van der Waals surface area (Å²) in [5, 5.41) is 3.37. The summed E-state index contributed by atoms with van der Waals surface area (Å²) in [7, 11) is 0. The van der Waals surface area contributed by atoms with E-state index in [2.05, 4.69) is 21.3 Å². The van der Waals surface area contributed by atoms with Gasteiger partial charge in [0.15, 0.2) is 0 Å². The normalized spacial score (nSPS) is 14.2. The molecule has 0 aliphatic carbocycles. The Labute approximate surface area is 154 Å². The number of carbonyl (C=O) groups is 1. The molecule has 0 atom stereocenters. The third kappa shape index (κ3) is 4.14. The van der Waals surface area contributed by atoms with E-state index in [0.29, 0.717) is 18.7 Å². The summed E-state index contributed by atoms with van der Waals surface area (Å²) in [5.41, 5.74) is 2.76. The van der Waals surface area contributed by atoms with Gasteiger partial charge in [0, 0.05) is 32.4 Å². The van der Waals surface area contributed by atoms with Crippen LogP contribution >= 0.6 is 0 Å². The van der Waals surface area contributed by atoms with Crippen LogP contribution in [0.2, 0.25) is 0 Å². The second-order valence-electron chi connectivity index (χ2n) is 6.15. The fourth-order valence-corrected chi connectivity index (χ4v) is 3.09. The molecule has 6 nitrogen and oxygen atoms in total. The van der Waals surface area contributed by atoms with Gasteiger partial charge in [-0.25, -0.2) is 4.98 Å². The highest BCUT2D eigenvalue weighted by Gasteiger charge is 2.15. The molecular weight excluding hydrogens is 328 g/mol. The number of nitrogens with zero attached hydrogens (tertiary/aromatic N) is 3. The SMILES string of the molecule is CCN(CC)C(=O)c1ccc(Nc2ccccc2N2CCOCC2)nc1. The molecule has 2 aromatic rings. The molecular formula is C20H26N4O2. The zero-order chi connectivity index (χ0) is 18.4. The highest BCUT2D eigenvalue weighted by molar-refractivity contribution is 5.94. The fourth-order valence-electron chi connectivity index (χ4n) is 3.09. The quantitative estimate of drug-likeness (QED) is 0.864. The zero-order valence-corrected chi connectivity index (χ0v) is 15.4. The summed E-state index contributed by atoms with van der Waals surface area (Å²) in [6, 6.07) is 11.9. The number of ether oxygens (including phenoxy) is 1. The van der Waals surface area contributed by atoms with Crippen molar-refractivity contribution >= 4 is 23.1 Å². The average Bonchev–Trinajstić information content (AvgIpc) is 2.70. The Morgan fingerprint density at radius 1 is 1.15 bits per heavy atom. The Kier molecular flexibility index (Phi) is 6.07. The van der Waals surface area contributed by atoms with Crippen molar-refractivity contribution in [3.63, 3.8) is 0 Å². The molecule has 1 aromatic carbocycles. The molecule has 0 bridgehead atoms. The van der Waals surface area contributed by atoms with E-state index in [0.717, 1.165) is 43.5 Å². The number of rotatable bonds is 6. The van der Waals surface area contributed by atoms with Crippen LogP contribution in [0.4, 0.5) is 17.2 Å². The lowest BCUT2D eigenvalue weighted by Gasteiger charge is -2.30. The van der Waals surface area contributed by atoms with E-state index in [1.54, 1.807) is 11.1 Å². The van der Waals surface area contributed by atoms with Crippen LogP contribution < -0.4 is 10.2 Å². The van der Waals surface area contributed by atoms with Gasteiger partial charge in [0.25, 0.3) is 5.91 Å². The molecule has 0 unspecified atom stereocenters. The maximum Gasteiger partial charge on any atom is 0.255 e. The third-order valence-corrected chi connectivity index (χ3v) is 4.58. The van der Waals surface area contributed by atoms with Gasteiger partial charge in [0.2, 0.25) is 0 Å². The van der Waals surface area contributed by atoms with Crippen LogP contribution in [-0.2, 0) is 4.74 Å².